The molecular formula is C20H30. The van der Waals surface area contributed by atoms with Crippen molar-refractivity contribution in [1.82, 2.24) is 0 Å². The van der Waals surface area contributed by atoms with Crippen molar-refractivity contribution in [2.45, 2.75) is 71.6 Å². The Kier molecular flexibility index (Phi) is 4.48. The zero-order valence-electron chi connectivity index (χ0n) is 13.3. The molecule has 0 aromatic heterocycles. The van der Waals surface area contributed by atoms with Crippen LogP contribution in [0.1, 0.15) is 69.1 Å². The van der Waals surface area contributed by atoms with E-state index in [2.05, 4.69) is 32.0 Å². The number of benzene rings is 1. The van der Waals surface area contributed by atoms with Crippen molar-refractivity contribution in [2.75, 3.05) is 0 Å². The SMILES string of the molecule is CC[C@H]1CC[C@@H](CCc2ccc3c(c2)CCC(C)C3)C1. The second-order valence-corrected chi connectivity index (χ2v) is 7.44. The van der Waals surface area contributed by atoms with E-state index in [1.807, 2.05) is 0 Å². The fourth-order valence-corrected chi connectivity index (χ4v) is 4.33. The number of aryl methyl sites for hydroxylation is 2. The lowest BCUT2D eigenvalue weighted by Crippen LogP contribution is -2.11. The van der Waals surface area contributed by atoms with E-state index < -0.39 is 0 Å². The number of rotatable bonds is 4. The second-order valence-electron chi connectivity index (χ2n) is 7.44. The largest absolute Gasteiger partial charge is 0.0651 e. The molecule has 110 valence electrons. The van der Waals surface area contributed by atoms with Crippen molar-refractivity contribution in [3.63, 3.8) is 0 Å². The van der Waals surface area contributed by atoms with E-state index >= 15 is 0 Å². The molecule has 1 saturated carbocycles. The molecule has 3 rings (SSSR count). The van der Waals surface area contributed by atoms with Crippen molar-refractivity contribution in [3.8, 4) is 0 Å². The van der Waals surface area contributed by atoms with Gasteiger partial charge in [0.2, 0.25) is 0 Å². The van der Waals surface area contributed by atoms with E-state index in [1.54, 1.807) is 16.7 Å². The summed E-state index contributed by atoms with van der Waals surface area (Å²) in [4.78, 5) is 0. The Balaban J connectivity index is 1.56. The summed E-state index contributed by atoms with van der Waals surface area (Å²) >= 11 is 0. The van der Waals surface area contributed by atoms with Gasteiger partial charge in [0, 0.05) is 0 Å². The minimum atomic E-state index is 0.887. The van der Waals surface area contributed by atoms with Crippen molar-refractivity contribution < 1.29 is 0 Å². The highest BCUT2D eigenvalue weighted by molar-refractivity contribution is 5.34. The Morgan fingerprint density at radius 3 is 2.70 bits per heavy atom. The van der Waals surface area contributed by atoms with Gasteiger partial charge in [-0.15, -0.1) is 0 Å². The van der Waals surface area contributed by atoms with Gasteiger partial charge in [-0.2, -0.15) is 0 Å². The molecule has 0 aliphatic heterocycles. The minimum Gasteiger partial charge on any atom is -0.0651 e. The smallest absolute Gasteiger partial charge is 0.0250 e. The van der Waals surface area contributed by atoms with Crippen LogP contribution in [0.4, 0.5) is 0 Å². The molecule has 1 aromatic rings. The predicted octanol–water partition coefficient (Wildman–Crippen LogP) is 5.57. The first-order valence-corrected chi connectivity index (χ1v) is 8.85. The topological polar surface area (TPSA) is 0 Å². The molecule has 0 amide bonds. The van der Waals surface area contributed by atoms with Crippen LogP contribution in [0, 0.1) is 17.8 Å². The molecule has 1 aromatic carbocycles. The summed E-state index contributed by atoms with van der Waals surface area (Å²) in [5, 5.41) is 0. The van der Waals surface area contributed by atoms with Gasteiger partial charge in [0.1, 0.15) is 0 Å². The van der Waals surface area contributed by atoms with Gasteiger partial charge in [-0.25, -0.2) is 0 Å². The van der Waals surface area contributed by atoms with Gasteiger partial charge < -0.3 is 0 Å². The lowest BCUT2D eigenvalue weighted by molar-refractivity contribution is 0.457. The maximum Gasteiger partial charge on any atom is -0.0250 e. The Hall–Kier alpha value is -0.780. The van der Waals surface area contributed by atoms with Crippen molar-refractivity contribution in [1.29, 1.82) is 0 Å². The first-order valence-electron chi connectivity index (χ1n) is 8.85. The first kappa shape index (κ1) is 14.2. The van der Waals surface area contributed by atoms with E-state index in [1.165, 1.54) is 57.8 Å². The highest BCUT2D eigenvalue weighted by Gasteiger charge is 2.23. The highest BCUT2D eigenvalue weighted by Crippen LogP contribution is 2.35. The summed E-state index contributed by atoms with van der Waals surface area (Å²) in [6.07, 6.45) is 12.6. The maximum absolute atomic E-state index is 2.52. The minimum absolute atomic E-state index is 0.887. The summed E-state index contributed by atoms with van der Waals surface area (Å²) in [7, 11) is 0. The van der Waals surface area contributed by atoms with Gasteiger partial charge in [0.05, 0.1) is 0 Å². The zero-order valence-corrected chi connectivity index (χ0v) is 13.3. The fraction of sp³-hybridized carbons (Fsp3) is 0.700. The fourth-order valence-electron chi connectivity index (χ4n) is 4.33. The van der Waals surface area contributed by atoms with Crippen LogP contribution in [-0.2, 0) is 19.3 Å². The average molecular weight is 270 g/mol. The normalized spacial score (nSPS) is 29.4. The van der Waals surface area contributed by atoms with E-state index in [-0.39, 0.29) is 0 Å². The zero-order chi connectivity index (χ0) is 13.9. The molecule has 0 saturated heterocycles. The number of fused-ring (bicyclic) bond motifs is 1. The van der Waals surface area contributed by atoms with E-state index in [4.69, 9.17) is 0 Å². The van der Waals surface area contributed by atoms with E-state index in [0.717, 1.165) is 17.8 Å². The summed E-state index contributed by atoms with van der Waals surface area (Å²) in [5.41, 5.74) is 4.87. The molecule has 1 unspecified atom stereocenters. The predicted molar refractivity (Wildman–Crippen MR) is 87.1 cm³/mol. The van der Waals surface area contributed by atoms with E-state index in [0.29, 0.717) is 0 Å². The van der Waals surface area contributed by atoms with Crippen molar-refractivity contribution in [2.24, 2.45) is 17.8 Å². The third-order valence-electron chi connectivity index (χ3n) is 5.81. The average Bonchev–Trinajstić information content (AvgIpc) is 2.93. The van der Waals surface area contributed by atoms with E-state index in [9.17, 15) is 0 Å². The Morgan fingerprint density at radius 2 is 1.90 bits per heavy atom. The molecule has 0 heterocycles. The molecule has 20 heavy (non-hydrogen) atoms. The van der Waals surface area contributed by atoms with Gasteiger partial charge in [-0.3, -0.25) is 0 Å². The van der Waals surface area contributed by atoms with Crippen LogP contribution in [0.3, 0.4) is 0 Å². The summed E-state index contributed by atoms with van der Waals surface area (Å²) in [6, 6.07) is 7.35. The molecule has 0 nitrogen and oxygen atoms in total. The maximum atomic E-state index is 2.52. The van der Waals surface area contributed by atoms with Crippen molar-refractivity contribution >= 4 is 0 Å². The molecule has 0 bridgehead atoms. The summed E-state index contributed by atoms with van der Waals surface area (Å²) in [5.74, 6) is 2.93. The quantitative estimate of drug-likeness (QED) is 0.671. The number of hydrogen-bond acceptors (Lipinski definition) is 0. The van der Waals surface area contributed by atoms with Crippen LogP contribution < -0.4 is 0 Å². The Morgan fingerprint density at radius 1 is 1.05 bits per heavy atom. The molecule has 2 aliphatic carbocycles. The van der Waals surface area contributed by atoms with Crippen molar-refractivity contribution in [3.05, 3.63) is 34.9 Å². The molecule has 3 atom stereocenters. The van der Waals surface area contributed by atoms with Gasteiger partial charge in [-0.05, 0) is 73.0 Å². The van der Waals surface area contributed by atoms with Gasteiger partial charge >= 0.3 is 0 Å². The summed E-state index contributed by atoms with van der Waals surface area (Å²) < 4.78 is 0. The van der Waals surface area contributed by atoms with Crippen LogP contribution in [0.2, 0.25) is 0 Å². The molecule has 0 heteroatoms. The molecule has 0 spiro atoms. The van der Waals surface area contributed by atoms with Crippen LogP contribution in [0.25, 0.3) is 0 Å². The Bertz CT molecular complexity index is 445. The summed E-state index contributed by atoms with van der Waals surface area (Å²) in [6.45, 7) is 4.75. The van der Waals surface area contributed by atoms with Gasteiger partial charge in [0.25, 0.3) is 0 Å². The molecule has 0 radical (unpaired) electrons. The van der Waals surface area contributed by atoms with Gasteiger partial charge in [0.15, 0.2) is 0 Å². The van der Waals surface area contributed by atoms with Crippen LogP contribution in [0.5, 0.6) is 0 Å². The monoisotopic (exact) mass is 270 g/mol. The third kappa shape index (κ3) is 3.27. The van der Waals surface area contributed by atoms with Crippen LogP contribution >= 0.6 is 0 Å². The molecule has 0 N–H and O–H groups in total. The first-order chi connectivity index (χ1) is 9.74. The van der Waals surface area contributed by atoms with Crippen LogP contribution in [-0.4, -0.2) is 0 Å². The Labute approximate surface area is 125 Å². The lowest BCUT2D eigenvalue weighted by Gasteiger charge is -2.22. The van der Waals surface area contributed by atoms with Gasteiger partial charge in [-0.1, -0.05) is 51.3 Å². The molecule has 1 fully saturated rings. The highest BCUT2D eigenvalue weighted by atomic mass is 14.3. The third-order valence-corrected chi connectivity index (χ3v) is 5.81. The molecular weight excluding hydrogens is 240 g/mol. The molecule has 2 aliphatic rings. The standard InChI is InChI=1S/C20H30/c1-3-16-5-6-17(13-16)7-8-18-9-11-19-12-15(2)4-10-20(19)14-18/h9,11,14-17H,3-8,10,12-13H2,1-2H3/t15?,16-,17-/m0/s1. The number of hydrogen-bond donors (Lipinski definition) is 0. The van der Waals surface area contributed by atoms with Crippen LogP contribution in [0.15, 0.2) is 18.2 Å². The lowest BCUT2D eigenvalue weighted by atomic mass is 9.83. The second kappa shape index (κ2) is 6.33.